The first-order chi connectivity index (χ1) is 14.3. The summed E-state index contributed by atoms with van der Waals surface area (Å²) < 4.78 is 28.8. The minimum atomic E-state index is -3.72. The van der Waals surface area contributed by atoms with Crippen LogP contribution in [0, 0.1) is 13.8 Å². The van der Waals surface area contributed by atoms with Gasteiger partial charge >= 0.3 is 0 Å². The summed E-state index contributed by atoms with van der Waals surface area (Å²) in [6, 6.07) is 9.50. The van der Waals surface area contributed by atoms with E-state index in [1.54, 1.807) is 24.3 Å². The normalized spacial score (nSPS) is 17.4. The molecule has 4 rings (SSSR count). The fourth-order valence-electron chi connectivity index (χ4n) is 4.03. The van der Waals surface area contributed by atoms with Gasteiger partial charge in [0.05, 0.1) is 23.1 Å². The van der Waals surface area contributed by atoms with Crippen LogP contribution in [0.4, 0.5) is 5.95 Å². The van der Waals surface area contributed by atoms with Crippen LogP contribution in [-0.4, -0.2) is 53.5 Å². The summed E-state index contributed by atoms with van der Waals surface area (Å²) in [7, 11) is 0.0348. The quantitative estimate of drug-likeness (QED) is 0.674. The van der Waals surface area contributed by atoms with E-state index in [-0.39, 0.29) is 10.9 Å². The molecule has 1 saturated heterocycles. The van der Waals surface area contributed by atoms with Crippen molar-refractivity contribution in [3.05, 3.63) is 53.6 Å². The second-order valence-corrected chi connectivity index (χ2v) is 9.59. The van der Waals surface area contributed by atoms with Gasteiger partial charge in [0, 0.05) is 32.4 Å². The molecular weight excluding hydrogens is 400 g/mol. The maximum absolute atomic E-state index is 13.6. The molecule has 0 bridgehead atoms. The van der Waals surface area contributed by atoms with Gasteiger partial charge in [-0.05, 0) is 32.3 Å². The van der Waals surface area contributed by atoms with E-state index in [9.17, 15) is 8.42 Å². The SMILES string of the molecule is Cc1n[nH]c(C)c1S(=O)(=O)N1CCC[C@H]1c1nc(N(C)C)ncc1-c1ccccc1. The Bertz CT molecular complexity index is 1140. The van der Waals surface area contributed by atoms with Crippen LogP contribution in [0.1, 0.15) is 36.0 Å². The lowest BCUT2D eigenvalue weighted by molar-refractivity contribution is 0.390. The summed E-state index contributed by atoms with van der Waals surface area (Å²) in [5.74, 6) is 0.560. The minimum Gasteiger partial charge on any atom is -0.347 e. The topological polar surface area (TPSA) is 95.1 Å². The van der Waals surface area contributed by atoms with E-state index >= 15 is 0 Å². The minimum absolute atomic E-state index is 0.262. The summed E-state index contributed by atoms with van der Waals surface area (Å²) in [6.45, 7) is 3.90. The molecule has 1 N–H and O–H groups in total. The smallest absolute Gasteiger partial charge is 0.247 e. The first kappa shape index (κ1) is 20.5. The standard InChI is InChI=1S/C21H26N6O2S/c1-14-20(15(2)25-24-14)30(28,29)27-12-8-11-18(27)19-17(16-9-6-5-7-10-16)13-22-21(23-19)26(3)4/h5-7,9-10,13,18H,8,11-12H2,1-4H3,(H,24,25)/t18-/m0/s1. The Hall–Kier alpha value is -2.78. The number of sulfonamides is 1. The van der Waals surface area contributed by atoms with Gasteiger partial charge in [0.2, 0.25) is 16.0 Å². The fraction of sp³-hybridized carbons (Fsp3) is 0.381. The van der Waals surface area contributed by atoms with Crippen LogP contribution in [-0.2, 0) is 10.0 Å². The number of rotatable bonds is 5. The van der Waals surface area contributed by atoms with E-state index < -0.39 is 10.0 Å². The summed E-state index contributed by atoms with van der Waals surface area (Å²) in [4.78, 5) is 11.4. The van der Waals surface area contributed by atoms with Gasteiger partial charge in [-0.25, -0.2) is 18.4 Å². The van der Waals surface area contributed by atoms with Crippen LogP contribution < -0.4 is 4.90 Å². The number of hydrogen-bond donors (Lipinski definition) is 1. The van der Waals surface area contributed by atoms with Crippen molar-refractivity contribution in [2.75, 3.05) is 25.5 Å². The van der Waals surface area contributed by atoms with Crippen LogP contribution in [0.3, 0.4) is 0 Å². The monoisotopic (exact) mass is 426 g/mol. The summed E-state index contributed by atoms with van der Waals surface area (Å²) in [5, 5.41) is 6.89. The first-order valence-corrected chi connectivity index (χ1v) is 11.4. The van der Waals surface area contributed by atoms with E-state index in [2.05, 4.69) is 15.2 Å². The van der Waals surface area contributed by atoms with Crippen molar-refractivity contribution < 1.29 is 8.42 Å². The highest BCUT2D eigenvalue weighted by atomic mass is 32.2. The number of aromatic amines is 1. The van der Waals surface area contributed by atoms with Crippen molar-refractivity contribution >= 4 is 16.0 Å². The van der Waals surface area contributed by atoms with Crippen molar-refractivity contribution in [1.82, 2.24) is 24.5 Å². The molecule has 0 amide bonds. The van der Waals surface area contributed by atoms with E-state index in [0.717, 1.165) is 23.2 Å². The molecule has 0 aliphatic carbocycles. The van der Waals surface area contributed by atoms with Crippen LogP contribution in [0.2, 0.25) is 0 Å². The van der Waals surface area contributed by atoms with Crippen LogP contribution in [0.25, 0.3) is 11.1 Å². The molecule has 9 heteroatoms. The van der Waals surface area contributed by atoms with E-state index in [1.807, 2.05) is 49.3 Å². The van der Waals surface area contributed by atoms with Gasteiger partial charge < -0.3 is 4.90 Å². The number of aryl methyl sites for hydroxylation is 2. The molecule has 0 unspecified atom stereocenters. The molecule has 30 heavy (non-hydrogen) atoms. The molecule has 2 aromatic heterocycles. The predicted molar refractivity (Wildman–Crippen MR) is 116 cm³/mol. The Morgan fingerprint density at radius 3 is 2.53 bits per heavy atom. The van der Waals surface area contributed by atoms with Gasteiger partial charge in [-0.15, -0.1) is 0 Å². The highest BCUT2D eigenvalue weighted by Gasteiger charge is 2.40. The molecule has 158 valence electrons. The maximum Gasteiger partial charge on any atom is 0.247 e. The highest BCUT2D eigenvalue weighted by Crippen LogP contribution is 2.40. The molecule has 0 radical (unpaired) electrons. The van der Waals surface area contributed by atoms with Gasteiger partial charge in [0.1, 0.15) is 4.90 Å². The largest absolute Gasteiger partial charge is 0.347 e. The molecule has 1 fully saturated rings. The van der Waals surface area contributed by atoms with Crippen molar-refractivity contribution in [2.45, 2.75) is 37.6 Å². The zero-order chi connectivity index (χ0) is 21.5. The third-order valence-electron chi connectivity index (χ3n) is 5.44. The number of nitrogens with one attached hydrogen (secondary N) is 1. The van der Waals surface area contributed by atoms with Gasteiger partial charge in [-0.3, -0.25) is 5.10 Å². The summed E-state index contributed by atoms with van der Waals surface area (Å²) in [6.07, 6.45) is 3.28. The molecule has 1 atom stereocenters. The Labute approximate surface area is 177 Å². The van der Waals surface area contributed by atoms with Gasteiger partial charge in [-0.1, -0.05) is 30.3 Å². The summed E-state index contributed by atoms with van der Waals surface area (Å²) >= 11 is 0. The van der Waals surface area contributed by atoms with Crippen LogP contribution >= 0.6 is 0 Å². The molecular formula is C21H26N6O2S. The average molecular weight is 427 g/mol. The average Bonchev–Trinajstić information content (AvgIpc) is 3.35. The third-order valence-corrected chi connectivity index (χ3v) is 7.61. The predicted octanol–water partition coefficient (Wildman–Crippen LogP) is 3.08. The van der Waals surface area contributed by atoms with Gasteiger partial charge in [0.25, 0.3) is 0 Å². The third kappa shape index (κ3) is 3.48. The lowest BCUT2D eigenvalue weighted by Gasteiger charge is -2.26. The molecule has 0 saturated carbocycles. The number of hydrogen-bond acceptors (Lipinski definition) is 6. The molecule has 1 aromatic carbocycles. The van der Waals surface area contributed by atoms with Crippen molar-refractivity contribution in [2.24, 2.45) is 0 Å². The van der Waals surface area contributed by atoms with Crippen molar-refractivity contribution in [3.63, 3.8) is 0 Å². The molecule has 1 aliphatic heterocycles. The van der Waals surface area contributed by atoms with Crippen LogP contribution in [0.15, 0.2) is 41.4 Å². The van der Waals surface area contributed by atoms with E-state index in [4.69, 9.17) is 4.98 Å². The lowest BCUT2D eigenvalue weighted by atomic mass is 10.0. The second-order valence-electron chi connectivity index (χ2n) is 7.77. The number of anilines is 1. The van der Waals surface area contributed by atoms with Gasteiger partial charge in [-0.2, -0.15) is 9.40 Å². The van der Waals surface area contributed by atoms with Crippen molar-refractivity contribution in [3.8, 4) is 11.1 Å². The highest BCUT2D eigenvalue weighted by molar-refractivity contribution is 7.89. The van der Waals surface area contributed by atoms with Crippen LogP contribution in [0.5, 0.6) is 0 Å². The van der Waals surface area contributed by atoms with E-state index in [0.29, 0.717) is 30.3 Å². The number of nitrogens with zero attached hydrogens (tertiary/aromatic N) is 5. The first-order valence-electron chi connectivity index (χ1n) is 9.94. The Morgan fingerprint density at radius 2 is 1.90 bits per heavy atom. The fourth-order valence-corrected chi connectivity index (χ4v) is 6.03. The van der Waals surface area contributed by atoms with E-state index in [1.165, 1.54) is 0 Å². The maximum atomic E-state index is 13.6. The molecule has 0 spiro atoms. The summed E-state index contributed by atoms with van der Waals surface area (Å²) in [5.41, 5.74) is 3.60. The number of aromatic nitrogens is 4. The van der Waals surface area contributed by atoms with Gasteiger partial charge in [0.15, 0.2) is 0 Å². The Balaban J connectivity index is 1.85. The molecule has 8 nitrogen and oxygen atoms in total. The Kier molecular flexibility index (Phi) is 5.33. The lowest BCUT2D eigenvalue weighted by Crippen LogP contribution is -2.32. The number of H-pyrrole nitrogens is 1. The zero-order valence-corrected chi connectivity index (χ0v) is 18.4. The van der Waals surface area contributed by atoms with Crippen molar-refractivity contribution in [1.29, 1.82) is 0 Å². The molecule has 3 aromatic rings. The Morgan fingerprint density at radius 1 is 1.17 bits per heavy atom. The second kappa shape index (κ2) is 7.81. The zero-order valence-electron chi connectivity index (χ0n) is 17.6. The number of benzene rings is 1. The molecule has 3 heterocycles. The molecule has 1 aliphatic rings.